The van der Waals surface area contributed by atoms with Crippen LogP contribution < -0.4 is 0 Å². The Labute approximate surface area is 366 Å². The first-order chi connectivity index (χ1) is 30.7. The van der Waals surface area contributed by atoms with Gasteiger partial charge in [0.1, 0.15) is 0 Å². The van der Waals surface area contributed by atoms with Gasteiger partial charge in [0.05, 0.1) is 34.9 Å². The van der Waals surface area contributed by atoms with E-state index in [2.05, 4.69) is 155 Å². The largest absolute Gasteiger partial charge is 0.192 e. The Morgan fingerprint density at radius 1 is 0.333 bits per heavy atom. The predicted molar refractivity (Wildman–Crippen MR) is 258 cm³/mol. The highest BCUT2D eigenvalue weighted by molar-refractivity contribution is 6.27. The van der Waals surface area contributed by atoms with Crippen molar-refractivity contribution in [3.05, 3.63) is 191 Å². The molecule has 0 radical (unpaired) electrons. The molecule has 0 aromatic heterocycles. The Balaban J connectivity index is 1.14. The molecule has 63 heavy (non-hydrogen) atoms. The minimum Gasteiger partial charge on any atom is -0.192 e. The van der Waals surface area contributed by atoms with Crippen molar-refractivity contribution >= 4 is 43.1 Å². The molecule has 3 heteroatoms. The van der Waals surface area contributed by atoms with Crippen molar-refractivity contribution < 1.29 is 0 Å². The van der Waals surface area contributed by atoms with E-state index in [-0.39, 0.29) is 5.41 Å². The lowest BCUT2D eigenvalue weighted by Crippen LogP contribution is -2.14. The molecule has 0 atom stereocenters. The van der Waals surface area contributed by atoms with E-state index in [9.17, 15) is 15.8 Å². The zero-order valence-corrected chi connectivity index (χ0v) is 35.3. The van der Waals surface area contributed by atoms with Crippen molar-refractivity contribution in [2.75, 3.05) is 0 Å². The van der Waals surface area contributed by atoms with Crippen molar-refractivity contribution in [2.45, 2.75) is 33.1 Å². The Morgan fingerprint density at radius 3 is 1.51 bits per heavy atom. The lowest BCUT2D eigenvalue weighted by atomic mass is 9.81. The highest BCUT2D eigenvalue weighted by Gasteiger charge is 2.35. The molecule has 0 amide bonds. The lowest BCUT2D eigenvalue weighted by Gasteiger charge is -2.22. The second-order valence-corrected chi connectivity index (χ2v) is 17.9. The van der Waals surface area contributed by atoms with E-state index in [1.165, 1.54) is 66.4 Å². The highest BCUT2D eigenvalue weighted by atomic mass is 14.4. The number of nitriles is 3. The van der Waals surface area contributed by atoms with Gasteiger partial charge in [0.15, 0.2) is 0 Å². The molecule has 0 heterocycles. The molecule has 2 aliphatic carbocycles. The van der Waals surface area contributed by atoms with Crippen molar-refractivity contribution in [2.24, 2.45) is 0 Å². The zero-order valence-electron chi connectivity index (χ0n) is 35.3. The molecule has 12 rings (SSSR count). The molecule has 0 N–H and O–H groups in total. The van der Waals surface area contributed by atoms with Gasteiger partial charge in [-0.1, -0.05) is 98.8 Å². The number of hydrogen-bond donors (Lipinski definition) is 0. The van der Waals surface area contributed by atoms with Crippen LogP contribution in [0.1, 0.15) is 52.8 Å². The van der Waals surface area contributed by atoms with Gasteiger partial charge in [0.25, 0.3) is 0 Å². The van der Waals surface area contributed by atoms with E-state index in [1.54, 1.807) is 0 Å². The second kappa shape index (κ2) is 13.1. The van der Waals surface area contributed by atoms with Crippen LogP contribution in [0.3, 0.4) is 0 Å². The summed E-state index contributed by atoms with van der Waals surface area (Å²) >= 11 is 0. The maximum Gasteiger partial charge on any atom is 0.0991 e. The van der Waals surface area contributed by atoms with Gasteiger partial charge in [0.2, 0.25) is 0 Å². The molecule has 3 nitrogen and oxygen atoms in total. The van der Waals surface area contributed by atoms with Gasteiger partial charge in [-0.05, 0) is 213 Å². The van der Waals surface area contributed by atoms with E-state index in [0.29, 0.717) is 16.7 Å². The van der Waals surface area contributed by atoms with Crippen LogP contribution in [-0.4, -0.2) is 0 Å². The van der Waals surface area contributed by atoms with Gasteiger partial charge in [-0.2, -0.15) is 15.8 Å². The fourth-order valence-electron chi connectivity index (χ4n) is 11.1. The van der Waals surface area contributed by atoms with Crippen molar-refractivity contribution in [3.63, 3.8) is 0 Å². The normalized spacial score (nSPS) is 12.8. The Kier molecular flexibility index (Phi) is 7.60. The van der Waals surface area contributed by atoms with Gasteiger partial charge in [-0.25, -0.2) is 0 Å². The van der Waals surface area contributed by atoms with Crippen LogP contribution in [-0.2, 0) is 5.41 Å². The van der Waals surface area contributed by atoms with E-state index < -0.39 is 0 Å². The van der Waals surface area contributed by atoms with E-state index >= 15 is 0 Å². The maximum absolute atomic E-state index is 10.1. The Bertz CT molecular complexity index is 3880. The molecule has 0 spiro atoms. The summed E-state index contributed by atoms with van der Waals surface area (Å²) in [6.07, 6.45) is 0. The molecule has 0 bridgehead atoms. The summed E-state index contributed by atoms with van der Waals surface area (Å²) in [7, 11) is 0. The van der Waals surface area contributed by atoms with Crippen LogP contribution in [0.15, 0.2) is 152 Å². The van der Waals surface area contributed by atoms with Crippen LogP contribution in [0.25, 0.3) is 110 Å². The quantitative estimate of drug-likeness (QED) is 0.167. The summed E-state index contributed by atoms with van der Waals surface area (Å²) in [6.45, 7) is 8.82. The lowest BCUT2D eigenvalue weighted by molar-refractivity contribution is 0.660. The summed E-state index contributed by atoms with van der Waals surface area (Å²) < 4.78 is 0. The number of nitrogens with zero attached hydrogens (tertiary/aromatic N) is 3. The minimum atomic E-state index is -0.0944. The first kappa shape index (κ1) is 36.6. The van der Waals surface area contributed by atoms with E-state index in [4.69, 9.17) is 0 Å². The SMILES string of the molecule is Cc1cc(C#N)ccc1-c1cc2c3cc4c(cc3c(-c3ccc(C#N)cc3C)cc2c2ccc(C#N)cc12)-c1ccc(-c2ccc3c(c2)C(C)(C)c2ccccc2-3)c2cccc-4c12. The number of aryl methyl sites for hydroxylation is 2. The van der Waals surface area contributed by atoms with Gasteiger partial charge in [-0.15, -0.1) is 0 Å². The number of fused-ring (bicyclic) bond motifs is 11. The van der Waals surface area contributed by atoms with Crippen molar-refractivity contribution in [3.8, 4) is 85.0 Å². The summed E-state index contributed by atoms with van der Waals surface area (Å²) in [5.41, 5.74) is 20.7. The Hall–Kier alpha value is -8.29. The average molecular weight is 800 g/mol. The Morgan fingerprint density at radius 2 is 0.825 bits per heavy atom. The average Bonchev–Trinajstić information content (AvgIpc) is 3.75. The van der Waals surface area contributed by atoms with Gasteiger partial charge < -0.3 is 0 Å². The fourth-order valence-corrected chi connectivity index (χ4v) is 11.1. The van der Waals surface area contributed by atoms with E-state index in [0.717, 1.165) is 65.7 Å². The van der Waals surface area contributed by atoms with Crippen LogP contribution >= 0.6 is 0 Å². The summed E-state index contributed by atoms with van der Waals surface area (Å²) in [5, 5.41) is 38.7. The van der Waals surface area contributed by atoms with Crippen LogP contribution in [0.4, 0.5) is 0 Å². The number of benzene rings is 10. The molecule has 292 valence electrons. The van der Waals surface area contributed by atoms with Crippen LogP contribution in [0.5, 0.6) is 0 Å². The number of hydrogen-bond acceptors (Lipinski definition) is 3. The molecule has 0 unspecified atom stereocenters. The van der Waals surface area contributed by atoms with Gasteiger partial charge in [0, 0.05) is 5.41 Å². The molecular weight excluding hydrogens is 763 g/mol. The maximum atomic E-state index is 10.1. The molecule has 0 saturated carbocycles. The molecule has 0 aliphatic heterocycles. The summed E-state index contributed by atoms with van der Waals surface area (Å²) in [6, 6.07) is 61.5. The smallest absolute Gasteiger partial charge is 0.0991 e. The number of rotatable bonds is 3. The van der Waals surface area contributed by atoms with Crippen molar-refractivity contribution in [1.29, 1.82) is 15.8 Å². The van der Waals surface area contributed by atoms with Crippen LogP contribution in [0, 0.1) is 47.8 Å². The molecule has 2 aliphatic rings. The highest BCUT2D eigenvalue weighted by Crippen LogP contribution is 2.54. The third-order valence-corrected chi connectivity index (χ3v) is 14.1. The first-order valence-electron chi connectivity index (χ1n) is 21.4. The van der Waals surface area contributed by atoms with Gasteiger partial charge in [-0.3, -0.25) is 0 Å². The molecule has 10 aromatic rings. The first-order valence-corrected chi connectivity index (χ1v) is 21.4. The topological polar surface area (TPSA) is 71.4 Å². The summed E-state index contributed by atoms with van der Waals surface area (Å²) in [4.78, 5) is 0. The third kappa shape index (κ3) is 5.11. The predicted octanol–water partition coefficient (Wildman–Crippen LogP) is 15.5. The molecule has 10 aromatic carbocycles. The zero-order chi connectivity index (χ0) is 42.9. The molecular formula is C60H37N3. The second-order valence-electron chi connectivity index (χ2n) is 17.9. The van der Waals surface area contributed by atoms with E-state index in [1.807, 2.05) is 42.5 Å². The minimum absolute atomic E-state index is 0.0944. The van der Waals surface area contributed by atoms with Gasteiger partial charge >= 0.3 is 0 Å². The monoisotopic (exact) mass is 799 g/mol. The fraction of sp³-hybridized carbons (Fsp3) is 0.0833. The van der Waals surface area contributed by atoms with Crippen molar-refractivity contribution in [1.82, 2.24) is 0 Å². The summed E-state index contributed by atoms with van der Waals surface area (Å²) in [5.74, 6) is 0. The molecule has 0 saturated heterocycles. The van der Waals surface area contributed by atoms with Crippen LogP contribution in [0.2, 0.25) is 0 Å². The third-order valence-electron chi connectivity index (χ3n) is 14.1. The molecule has 0 fully saturated rings. The standard InChI is InChI=1S/C60H37N3/c1-33-22-35(30-61)12-16-39(33)49-27-55-51(42-18-14-37(32-63)24-48(42)49)26-50(40-17-13-36(31-62)23-34(40)2)54-29-53-47-21-20-41(45-9-7-10-46(59(45)47)52(53)28-56(54)55)38-15-19-44-43-8-5-6-11-57(43)60(3,4)58(44)25-38/h5-29H,1-4H3.